The summed E-state index contributed by atoms with van der Waals surface area (Å²) in [6.07, 6.45) is 1.11. The number of nitrogens with one attached hydrogen (secondary N) is 2. The van der Waals surface area contributed by atoms with Crippen LogP contribution in [0, 0.1) is 0 Å². The quantitative estimate of drug-likeness (QED) is 0.773. The molecule has 0 bridgehead atoms. The van der Waals surface area contributed by atoms with Gasteiger partial charge in [-0.15, -0.1) is 0 Å². The van der Waals surface area contributed by atoms with Crippen molar-refractivity contribution < 1.29 is 13.6 Å². The van der Waals surface area contributed by atoms with Crippen LogP contribution in [-0.4, -0.2) is 32.5 Å². The van der Waals surface area contributed by atoms with E-state index in [4.69, 9.17) is 0 Å². The van der Waals surface area contributed by atoms with Gasteiger partial charge in [0.25, 0.3) is 5.91 Å². The van der Waals surface area contributed by atoms with E-state index in [9.17, 15) is 13.6 Å². The molecule has 0 saturated heterocycles. The molecular formula is C5H5BrF2N4O. The Morgan fingerprint density at radius 3 is 2.92 bits per heavy atom. The lowest BCUT2D eigenvalue weighted by Gasteiger charge is -2.07. The van der Waals surface area contributed by atoms with Crippen molar-refractivity contribution in [1.29, 1.82) is 0 Å². The summed E-state index contributed by atoms with van der Waals surface area (Å²) in [5.41, 5.74) is 0. The molecule has 2 N–H and O–H groups in total. The van der Waals surface area contributed by atoms with Crippen molar-refractivity contribution in [2.45, 2.75) is 4.83 Å². The van der Waals surface area contributed by atoms with Gasteiger partial charge in [0.2, 0.25) is 5.82 Å². The Morgan fingerprint density at radius 1 is 1.77 bits per heavy atom. The number of aromatic nitrogens is 3. The van der Waals surface area contributed by atoms with Crippen LogP contribution in [0.1, 0.15) is 10.6 Å². The lowest BCUT2D eigenvalue weighted by molar-refractivity contribution is 0.0827. The fourth-order valence-electron chi connectivity index (χ4n) is 0.579. The zero-order chi connectivity index (χ0) is 9.90. The number of carbonyl (C=O) groups excluding carboxylic acids is 1. The van der Waals surface area contributed by atoms with Crippen molar-refractivity contribution in [2.75, 3.05) is 6.54 Å². The smallest absolute Gasteiger partial charge is 0.318 e. The zero-order valence-corrected chi connectivity index (χ0v) is 7.81. The van der Waals surface area contributed by atoms with E-state index in [1.807, 2.05) is 5.32 Å². The van der Waals surface area contributed by atoms with Gasteiger partial charge in [-0.2, -0.15) is 13.9 Å². The molecule has 0 aliphatic heterocycles. The van der Waals surface area contributed by atoms with Crippen LogP contribution < -0.4 is 5.32 Å². The van der Waals surface area contributed by atoms with E-state index in [1.54, 1.807) is 0 Å². The number of hydrogen-bond acceptors (Lipinski definition) is 3. The van der Waals surface area contributed by atoms with Gasteiger partial charge in [0.15, 0.2) is 0 Å². The van der Waals surface area contributed by atoms with Crippen molar-refractivity contribution in [3.63, 3.8) is 0 Å². The van der Waals surface area contributed by atoms with Crippen LogP contribution in [0.4, 0.5) is 8.78 Å². The first-order chi connectivity index (χ1) is 5.99. The Labute approximate surface area is 80.1 Å². The van der Waals surface area contributed by atoms with Gasteiger partial charge in [0.1, 0.15) is 6.33 Å². The summed E-state index contributed by atoms with van der Waals surface area (Å²) in [6.45, 7) is -0.799. The largest absolute Gasteiger partial charge is 0.342 e. The molecule has 0 aliphatic rings. The predicted molar refractivity (Wildman–Crippen MR) is 42.6 cm³/mol. The number of nitrogens with zero attached hydrogens (tertiary/aromatic N) is 2. The standard InChI is InChI=1S/C5H5BrF2N4O/c6-5(7,8)1-9-4(13)3-10-2-11-12-3/h2H,1H2,(H,9,13)(H,10,11,12). The number of H-pyrrole nitrogens is 1. The second kappa shape index (κ2) is 3.77. The van der Waals surface area contributed by atoms with Crippen LogP contribution >= 0.6 is 15.9 Å². The molecule has 1 amide bonds. The number of aromatic amines is 1. The molecule has 1 rings (SSSR count). The summed E-state index contributed by atoms with van der Waals surface area (Å²) in [4.78, 5) is 11.3. The summed E-state index contributed by atoms with van der Waals surface area (Å²) in [7, 11) is 0. The highest BCUT2D eigenvalue weighted by atomic mass is 79.9. The molecule has 5 nitrogen and oxygen atoms in total. The molecule has 0 aliphatic carbocycles. The molecule has 0 atom stereocenters. The molecule has 1 aromatic rings. The molecule has 72 valence electrons. The highest BCUT2D eigenvalue weighted by molar-refractivity contribution is 9.10. The van der Waals surface area contributed by atoms with E-state index in [1.165, 1.54) is 0 Å². The van der Waals surface area contributed by atoms with E-state index >= 15 is 0 Å². The van der Waals surface area contributed by atoms with Crippen molar-refractivity contribution in [2.24, 2.45) is 0 Å². The topological polar surface area (TPSA) is 70.7 Å². The zero-order valence-electron chi connectivity index (χ0n) is 6.22. The lowest BCUT2D eigenvalue weighted by Crippen LogP contribution is -2.33. The summed E-state index contributed by atoms with van der Waals surface area (Å²) in [5.74, 6) is -0.826. The monoisotopic (exact) mass is 254 g/mol. The minimum Gasteiger partial charge on any atom is -0.342 e. The Hall–Kier alpha value is -1.05. The minimum absolute atomic E-state index is 0.100. The summed E-state index contributed by atoms with van der Waals surface area (Å²) >= 11 is 2.08. The third-order valence-electron chi connectivity index (χ3n) is 1.08. The normalized spacial score (nSPS) is 11.3. The van der Waals surface area contributed by atoms with E-state index in [0.717, 1.165) is 6.33 Å². The second-order valence-electron chi connectivity index (χ2n) is 2.13. The van der Waals surface area contributed by atoms with Crippen molar-refractivity contribution in [3.8, 4) is 0 Å². The Balaban J connectivity index is 2.44. The molecule has 1 aromatic heterocycles. The summed E-state index contributed by atoms with van der Waals surface area (Å²) in [6, 6.07) is 0. The molecule has 0 saturated carbocycles. The van der Waals surface area contributed by atoms with Crippen LogP contribution in [0.15, 0.2) is 6.33 Å². The molecule has 0 spiro atoms. The number of alkyl halides is 3. The average Bonchev–Trinajstić information content (AvgIpc) is 2.50. The molecular weight excluding hydrogens is 250 g/mol. The number of carbonyl (C=O) groups is 1. The fraction of sp³-hybridized carbons (Fsp3) is 0.400. The molecule has 0 aromatic carbocycles. The van der Waals surface area contributed by atoms with Gasteiger partial charge in [-0.3, -0.25) is 9.89 Å². The van der Waals surface area contributed by atoms with Gasteiger partial charge in [-0.1, -0.05) is 0 Å². The molecule has 1 heterocycles. The average molecular weight is 255 g/mol. The highest BCUT2D eigenvalue weighted by Crippen LogP contribution is 2.19. The molecule has 0 fully saturated rings. The second-order valence-corrected chi connectivity index (χ2v) is 3.29. The van der Waals surface area contributed by atoms with Gasteiger partial charge in [0, 0.05) is 0 Å². The van der Waals surface area contributed by atoms with Crippen LogP contribution in [-0.2, 0) is 0 Å². The molecule has 8 heteroatoms. The third kappa shape index (κ3) is 3.45. The maximum atomic E-state index is 12.2. The summed E-state index contributed by atoms with van der Waals surface area (Å²) < 4.78 is 24.4. The fourth-order valence-corrected chi connectivity index (χ4v) is 0.719. The molecule has 13 heavy (non-hydrogen) atoms. The number of amides is 1. The van der Waals surface area contributed by atoms with Gasteiger partial charge < -0.3 is 5.32 Å². The van der Waals surface area contributed by atoms with Gasteiger partial charge in [-0.05, 0) is 15.9 Å². The van der Waals surface area contributed by atoms with Crippen molar-refractivity contribution in [3.05, 3.63) is 12.2 Å². The van der Waals surface area contributed by atoms with Gasteiger partial charge in [0.05, 0.1) is 6.54 Å². The minimum atomic E-state index is -3.11. The molecule has 0 unspecified atom stereocenters. The van der Waals surface area contributed by atoms with E-state index in [-0.39, 0.29) is 5.82 Å². The maximum absolute atomic E-state index is 12.2. The van der Waals surface area contributed by atoms with E-state index in [2.05, 4.69) is 31.1 Å². The molecule has 0 radical (unpaired) electrons. The lowest BCUT2D eigenvalue weighted by atomic mass is 10.5. The van der Waals surface area contributed by atoms with E-state index < -0.39 is 17.3 Å². The van der Waals surface area contributed by atoms with Crippen LogP contribution in [0.25, 0.3) is 0 Å². The van der Waals surface area contributed by atoms with Crippen molar-refractivity contribution >= 4 is 21.8 Å². The first kappa shape index (κ1) is 10.0. The van der Waals surface area contributed by atoms with Crippen LogP contribution in [0.3, 0.4) is 0 Å². The highest BCUT2D eigenvalue weighted by Gasteiger charge is 2.25. The first-order valence-corrected chi connectivity index (χ1v) is 3.98. The number of rotatable bonds is 3. The Bertz CT molecular complexity index is 283. The Kier molecular flexibility index (Phi) is 2.91. The van der Waals surface area contributed by atoms with Gasteiger partial charge >= 0.3 is 4.83 Å². The summed E-state index contributed by atoms with van der Waals surface area (Å²) in [5, 5.41) is 7.59. The maximum Gasteiger partial charge on any atom is 0.318 e. The van der Waals surface area contributed by atoms with Crippen molar-refractivity contribution in [1.82, 2.24) is 20.5 Å². The van der Waals surface area contributed by atoms with Crippen LogP contribution in [0.5, 0.6) is 0 Å². The van der Waals surface area contributed by atoms with Crippen LogP contribution in [0.2, 0.25) is 0 Å². The first-order valence-electron chi connectivity index (χ1n) is 3.19. The number of halogens is 3. The SMILES string of the molecule is O=C(NCC(F)(F)Br)c1ncn[nH]1. The predicted octanol–water partition coefficient (Wildman–Crippen LogP) is 0.522. The van der Waals surface area contributed by atoms with E-state index in [0.29, 0.717) is 0 Å². The number of hydrogen-bond donors (Lipinski definition) is 2. The third-order valence-corrected chi connectivity index (χ3v) is 1.36. The Morgan fingerprint density at radius 2 is 2.46 bits per heavy atom. The van der Waals surface area contributed by atoms with Gasteiger partial charge in [-0.25, -0.2) is 4.98 Å².